The monoisotopic (exact) mass is 635 g/mol. The number of aromatic nitrogens is 5. The van der Waals surface area contributed by atoms with Crippen LogP contribution in [0.3, 0.4) is 0 Å². The number of hydrogen-bond acceptors (Lipinski definition) is 12. The van der Waals surface area contributed by atoms with Crippen molar-refractivity contribution in [2.45, 2.75) is 4.90 Å². The van der Waals surface area contributed by atoms with Gasteiger partial charge in [-0.1, -0.05) is 23.5 Å². The molecule has 41 heavy (non-hydrogen) atoms. The van der Waals surface area contributed by atoms with E-state index in [4.69, 9.17) is 8.75 Å². The zero-order valence-electron chi connectivity index (χ0n) is 22.2. The first kappa shape index (κ1) is 26.5. The molecule has 4 aromatic heterocycles. The first-order chi connectivity index (χ1) is 19.7. The quantitative estimate of drug-likeness (QED) is 0.199. The van der Waals surface area contributed by atoms with Crippen molar-refractivity contribution < 1.29 is 8.42 Å². The molecule has 0 saturated heterocycles. The zero-order chi connectivity index (χ0) is 28.5. The van der Waals surface area contributed by atoms with Crippen LogP contribution in [0.1, 0.15) is 0 Å². The summed E-state index contributed by atoms with van der Waals surface area (Å²) in [6.07, 6.45) is 1.90. The van der Waals surface area contributed by atoms with E-state index in [9.17, 15) is 8.42 Å². The summed E-state index contributed by atoms with van der Waals surface area (Å²) >= 11 is 5.69. The van der Waals surface area contributed by atoms with E-state index >= 15 is 0 Å². The molecule has 9 nitrogen and oxygen atoms in total. The molecule has 4 heterocycles. The van der Waals surface area contributed by atoms with E-state index in [1.807, 2.05) is 32.4 Å². The number of thiazole rings is 1. The lowest BCUT2D eigenvalue weighted by Crippen LogP contribution is -2.22. The summed E-state index contributed by atoms with van der Waals surface area (Å²) in [4.78, 5) is 9.11. The minimum absolute atomic E-state index is 0.237. The Morgan fingerprint density at radius 2 is 1.27 bits per heavy atom. The standard InChI is InChI=1S/C27H21N7O2S5/c1-33(2)22-13-28-27(38-22)21-10-9-20(37-21)19-12-18-17(25-26(19)32-40-31-25)11-16(23-24(18)30-39-29-23)14-5-7-15(8-6-14)41(35,36)34(3)4/h5-13H,1-4H3. The van der Waals surface area contributed by atoms with Crippen LogP contribution in [0, 0.1) is 0 Å². The summed E-state index contributed by atoms with van der Waals surface area (Å²) < 4.78 is 45.1. The molecule has 0 aliphatic heterocycles. The molecule has 0 saturated carbocycles. The van der Waals surface area contributed by atoms with Gasteiger partial charge in [-0.15, -0.1) is 11.3 Å². The Bertz CT molecular complexity index is 2190. The van der Waals surface area contributed by atoms with Gasteiger partial charge in [0.15, 0.2) is 0 Å². The van der Waals surface area contributed by atoms with Crippen LogP contribution >= 0.6 is 46.1 Å². The second-order valence-electron chi connectivity index (χ2n) is 9.74. The average molecular weight is 636 g/mol. The summed E-state index contributed by atoms with van der Waals surface area (Å²) in [6.45, 7) is 0. The van der Waals surface area contributed by atoms with E-state index < -0.39 is 10.0 Å². The summed E-state index contributed by atoms with van der Waals surface area (Å²) in [5.74, 6) is 0. The predicted octanol–water partition coefficient (Wildman–Crippen LogP) is 6.68. The van der Waals surface area contributed by atoms with Gasteiger partial charge < -0.3 is 4.90 Å². The van der Waals surface area contributed by atoms with Gasteiger partial charge in [0.2, 0.25) is 10.0 Å². The van der Waals surface area contributed by atoms with Crippen molar-refractivity contribution in [3.63, 3.8) is 0 Å². The third-order valence-electron chi connectivity index (χ3n) is 6.83. The van der Waals surface area contributed by atoms with E-state index in [0.717, 1.165) is 81.0 Å². The van der Waals surface area contributed by atoms with Crippen LogP contribution in [-0.2, 0) is 10.0 Å². The van der Waals surface area contributed by atoms with Gasteiger partial charge in [0.05, 0.1) is 39.4 Å². The van der Waals surface area contributed by atoms with Crippen LogP contribution in [0.4, 0.5) is 5.00 Å². The molecular formula is C27H21N7O2S5. The Labute approximate surface area is 252 Å². The number of thiophene rings is 1. The van der Waals surface area contributed by atoms with Gasteiger partial charge >= 0.3 is 0 Å². The number of rotatable bonds is 6. The van der Waals surface area contributed by atoms with Crippen molar-refractivity contribution in [2.75, 3.05) is 33.1 Å². The summed E-state index contributed by atoms with van der Waals surface area (Å²) in [5, 5.41) is 3.98. The molecule has 14 heteroatoms. The molecule has 206 valence electrons. The van der Waals surface area contributed by atoms with Gasteiger partial charge in [-0.2, -0.15) is 17.5 Å². The minimum Gasteiger partial charge on any atom is -0.368 e. The Morgan fingerprint density at radius 1 is 0.683 bits per heavy atom. The summed E-state index contributed by atoms with van der Waals surface area (Å²) in [6, 6.07) is 15.3. The number of nitrogens with zero attached hydrogens (tertiary/aromatic N) is 7. The Balaban J connectivity index is 1.38. The van der Waals surface area contributed by atoms with Gasteiger partial charge in [0.1, 0.15) is 32.1 Å². The highest BCUT2D eigenvalue weighted by molar-refractivity contribution is 7.89. The maximum atomic E-state index is 12.6. The zero-order valence-corrected chi connectivity index (χ0v) is 26.3. The Kier molecular flexibility index (Phi) is 6.37. The Hall–Kier alpha value is -3.40. The molecule has 0 aliphatic carbocycles. The molecule has 0 spiro atoms. The lowest BCUT2D eigenvalue weighted by atomic mass is 9.96. The van der Waals surface area contributed by atoms with Crippen LogP contribution in [-0.4, -0.2) is 63.4 Å². The van der Waals surface area contributed by atoms with E-state index in [0.29, 0.717) is 0 Å². The van der Waals surface area contributed by atoms with Crippen molar-refractivity contribution in [2.24, 2.45) is 0 Å². The topological polar surface area (TPSA) is 105 Å². The second-order valence-corrected chi connectivity index (χ2v) is 15.0. The minimum atomic E-state index is -3.53. The fourth-order valence-corrected chi connectivity index (χ4v) is 8.64. The molecule has 0 aliphatic rings. The van der Waals surface area contributed by atoms with Gasteiger partial charge in [-0.05, 0) is 42.0 Å². The molecular weight excluding hydrogens is 615 g/mol. The van der Waals surface area contributed by atoms with Crippen molar-refractivity contribution in [1.29, 1.82) is 0 Å². The van der Waals surface area contributed by atoms with E-state index in [1.165, 1.54) is 30.1 Å². The maximum Gasteiger partial charge on any atom is 0.242 e. The lowest BCUT2D eigenvalue weighted by molar-refractivity contribution is 0.521. The smallest absolute Gasteiger partial charge is 0.242 e. The van der Waals surface area contributed by atoms with Crippen LogP contribution in [0.2, 0.25) is 0 Å². The fraction of sp³-hybridized carbons (Fsp3) is 0.148. The average Bonchev–Trinajstić information content (AvgIpc) is 3.78. The van der Waals surface area contributed by atoms with Gasteiger partial charge in [0, 0.05) is 55.0 Å². The molecule has 0 amide bonds. The van der Waals surface area contributed by atoms with Crippen LogP contribution in [0.15, 0.2) is 59.6 Å². The van der Waals surface area contributed by atoms with Crippen LogP contribution < -0.4 is 4.90 Å². The highest BCUT2D eigenvalue weighted by atomic mass is 32.2. The summed E-state index contributed by atoms with van der Waals surface area (Å²) in [7, 11) is 3.55. The van der Waals surface area contributed by atoms with Crippen molar-refractivity contribution in [1.82, 2.24) is 26.8 Å². The second kappa shape index (κ2) is 9.86. The molecule has 0 atom stereocenters. The molecule has 7 rings (SSSR count). The van der Waals surface area contributed by atoms with E-state index in [1.54, 1.807) is 34.8 Å². The first-order valence-electron chi connectivity index (χ1n) is 12.3. The fourth-order valence-electron chi connectivity index (χ4n) is 4.67. The molecule has 7 aromatic rings. The normalized spacial score (nSPS) is 12.3. The van der Waals surface area contributed by atoms with Gasteiger partial charge in [0.25, 0.3) is 0 Å². The van der Waals surface area contributed by atoms with Crippen LogP contribution in [0.25, 0.3) is 64.3 Å². The lowest BCUT2D eigenvalue weighted by Gasteiger charge is -2.12. The number of fused-ring (bicyclic) bond motifs is 5. The SMILES string of the molecule is CN(C)c1cnc(-c2ccc(-c3cc4c(cc(-c5ccc(S(=O)(=O)N(C)C)cc5)c5nsnc54)c4nsnc34)s2)s1. The highest BCUT2D eigenvalue weighted by Crippen LogP contribution is 2.44. The predicted molar refractivity (Wildman–Crippen MR) is 171 cm³/mol. The number of sulfonamides is 1. The highest BCUT2D eigenvalue weighted by Gasteiger charge is 2.21. The molecule has 0 bridgehead atoms. The summed E-state index contributed by atoms with van der Waals surface area (Å²) in [5.41, 5.74) is 5.93. The van der Waals surface area contributed by atoms with Crippen LogP contribution in [0.5, 0.6) is 0 Å². The van der Waals surface area contributed by atoms with Crippen molar-refractivity contribution in [3.8, 4) is 31.5 Å². The maximum absolute atomic E-state index is 12.6. The van der Waals surface area contributed by atoms with E-state index in [-0.39, 0.29) is 4.90 Å². The van der Waals surface area contributed by atoms with Gasteiger partial charge in [-0.3, -0.25) is 0 Å². The van der Waals surface area contributed by atoms with E-state index in [2.05, 4.69) is 42.9 Å². The molecule has 0 radical (unpaired) electrons. The largest absolute Gasteiger partial charge is 0.368 e. The van der Waals surface area contributed by atoms with Gasteiger partial charge in [-0.25, -0.2) is 17.7 Å². The number of anilines is 1. The molecule has 0 N–H and O–H groups in total. The van der Waals surface area contributed by atoms with Crippen molar-refractivity contribution >= 4 is 94.0 Å². The van der Waals surface area contributed by atoms with Crippen molar-refractivity contribution in [3.05, 3.63) is 54.7 Å². The molecule has 0 unspecified atom stereocenters. The molecule has 0 fully saturated rings. The first-order valence-corrected chi connectivity index (χ1v) is 16.9. The number of hydrogen-bond donors (Lipinski definition) is 0. The third kappa shape index (κ3) is 4.33. The molecule has 3 aromatic carbocycles. The third-order valence-corrected chi connectivity index (χ3v) is 12.2. The Morgan fingerprint density at radius 3 is 1.88 bits per heavy atom. The number of benzene rings is 3.